The number of halogens is 1. The second kappa shape index (κ2) is 6.20. The predicted octanol–water partition coefficient (Wildman–Crippen LogP) is 2.45. The third-order valence-electron chi connectivity index (χ3n) is 3.35. The van der Waals surface area contributed by atoms with Gasteiger partial charge in [0, 0.05) is 7.05 Å². The summed E-state index contributed by atoms with van der Waals surface area (Å²) in [6.07, 6.45) is 0.935. The Morgan fingerprint density at radius 3 is 2.60 bits per heavy atom. The van der Waals surface area contributed by atoms with Gasteiger partial charge < -0.3 is 5.73 Å². The van der Waals surface area contributed by atoms with Crippen LogP contribution in [-0.2, 0) is 24.7 Å². The molecule has 1 aromatic carbocycles. The Morgan fingerprint density at radius 2 is 2.05 bits per heavy atom. The molecular formula is C15H18ClN3O. The average molecular weight is 292 g/mol. The minimum absolute atomic E-state index is 0.0660. The molecule has 2 N–H and O–H groups in total. The molecule has 0 amide bonds. The minimum atomic E-state index is -0.632. The Balaban J connectivity index is 2.18. The molecule has 0 fully saturated rings. The Labute approximate surface area is 123 Å². The lowest BCUT2D eigenvalue weighted by Crippen LogP contribution is -2.24. The summed E-state index contributed by atoms with van der Waals surface area (Å²) in [5, 5.41) is 4.88. The molecule has 4 nitrogen and oxygen atoms in total. The van der Waals surface area contributed by atoms with Crippen molar-refractivity contribution in [1.82, 2.24) is 9.78 Å². The zero-order chi connectivity index (χ0) is 14.7. The van der Waals surface area contributed by atoms with Gasteiger partial charge in [-0.1, -0.05) is 48.9 Å². The topological polar surface area (TPSA) is 60.9 Å². The summed E-state index contributed by atoms with van der Waals surface area (Å²) in [6, 6.07) is 8.71. The van der Waals surface area contributed by atoms with Gasteiger partial charge in [-0.25, -0.2) is 0 Å². The zero-order valence-corrected chi connectivity index (χ0v) is 12.4. The molecule has 1 unspecified atom stereocenters. The highest BCUT2D eigenvalue weighted by molar-refractivity contribution is 6.32. The van der Waals surface area contributed by atoms with Crippen molar-refractivity contribution in [3.8, 4) is 0 Å². The van der Waals surface area contributed by atoms with E-state index in [4.69, 9.17) is 17.3 Å². The van der Waals surface area contributed by atoms with Gasteiger partial charge in [-0.05, 0) is 12.0 Å². The molecule has 2 rings (SSSR count). The van der Waals surface area contributed by atoms with E-state index in [2.05, 4.69) is 5.10 Å². The van der Waals surface area contributed by atoms with Crippen LogP contribution in [0.5, 0.6) is 0 Å². The molecule has 0 spiro atoms. The molecule has 20 heavy (non-hydrogen) atoms. The number of hydrogen-bond acceptors (Lipinski definition) is 3. The number of aromatic nitrogens is 2. The van der Waals surface area contributed by atoms with Gasteiger partial charge in [0.25, 0.3) is 0 Å². The van der Waals surface area contributed by atoms with Crippen LogP contribution in [-0.4, -0.2) is 15.6 Å². The summed E-state index contributed by atoms with van der Waals surface area (Å²) in [4.78, 5) is 12.3. The normalized spacial score (nSPS) is 12.4. The fourth-order valence-corrected chi connectivity index (χ4v) is 2.49. The van der Waals surface area contributed by atoms with Crippen LogP contribution in [0.25, 0.3) is 0 Å². The van der Waals surface area contributed by atoms with Crippen molar-refractivity contribution in [2.45, 2.75) is 25.8 Å². The molecule has 0 saturated carbocycles. The minimum Gasteiger partial charge on any atom is -0.318 e. The lowest BCUT2D eigenvalue weighted by Gasteiger charge is -2.11. The van der Waals surface area contributed by atoms with Gasteiger partial charge in [-0.2, -0.15) is 5.10 Å². The molecule has 1 aromatic heterocycles. The van der Waals surface area contributed by atoms with Crippen LogP contribution in [0.4, 0.5) is 0 Å². The van der Waals surface area contributed by atoms with Gasteiger partial charge in [-0.3, -0.25) is 9.48 Å². The monoisotopic (exact) mass is 291 g/mol. The van der Waals surface area contributed by atoms with Crippen molar-refractivity contribution in [2.75, 3.05) is 0 Å². The maximum Gasteiger partial charge on any atom is 0.160 e. The first kappa shape index (κ1) is 14.8. The summed E-state index contributed by atoms with van der Waals surface area (Å²) in [5.41, 5.74) is 8.35. The number of benzene rings is 1. The molecule has 1 heterocycles. The molecule has 0 aliphatic carbocycles. The molecule has 106 valence electrons. The van der Waals surface area contributed by atoms with E-state index in [-0.39, 0.29) is 12.2 Å². The summed E-state index contributed by atoms with van der Waals surface area (Å²) < 4.78 is 1.66. The van der Waals surface area contributed by atoms with Crippen molar-refractivity contribution in [3.63, 3.8) is 0 Å². The fraction of sp³-hybridized carbons (Fsp3) is 0.333. The average Bonchev–Trinajstić information content (AvgIpc) is 2.74. The number of ketones is 1. The Morgan fingerprint density at radius 1 is 1.40 bits per heavy atom. The molecule has 0 radical (unpaired) electrons. The van der Waals surface area contributed by atoms with Gasteiger partial charge >= 0.3 is 0 Å². The molecule has 0 bridgehead atoms. The van der Waals surface area contributed by atoms with Crippen LogP contribution in [0.2, 0.25) is 5.02 Å². The lowest BCUT2D eigenvalue weighted by molar-refractivity contribution is -0.119. The smallest absolute Gasteiger partial charge is 0.160 e. The summed E-state index contributed by atoms with van der Waals surface area (Å²) in [6.45, 7) is 1.98. The summed E-state index contributed by atoms with van der Waals surface area (Å²) in [7, 11) is 1.79. The standard InChI is InChI=1S/C15H18ClN3O/c1-3-11-14(16)12(19(2)18-11)9-13(20)15(17)10-7-5-4-6-8-10/h4-8,15H,3,9,17H2,1-2H3. The lowest BCUT2D eigenvalue weighted by atomic mass is 10.0. The number of rotatable bonds is 5. The van der Waals surface area contributed by atoms with Crippen molar-refractivity contribution < 1.29 is 4.79 Å². The van der Waals surface area contributed by atoms with Crippen LogP contribution < -0.4 is 5.73 Å². The number of hydrogen-bond donors (Lipinski definition) is 1. The number of nitrogens with two attached hydrogens (primary N) is 1. The number of aryl methyl sites for hydroxylation is 2. The molecule has 0 aliphatic heterocycles. The second-order valence-electron chi connectivity index (χ2n) is 4.72. The Hall–Kier alpha value is -1.65. The van der Waals surface area contributed by atoms with Gasteiger partial charge in [0.05, 0.1) is 28.9 Å². The Kier molecular flexibility index (Phi) is 4.57. The molecule has 1 atom stereocenters. The molecule has 0 saturated heterocycles. The van der Waals surface area contributed by atoms with E-state index in [1.807, 2.05) is 37.3 Å². The fourth-order valence-electron chi connectivity index (χ4n) is 2.13. The highest BCUT2D eigenvalue weighted by Crippen LogP contribution is 2.23. The second-order valence-corrected chi connectivity index (χ2v) is 5.09. The van der Waals surface area contributed by atoms with E-state index in [9.17, 15) is 4.79 Å². The number of carbonyl (C=O) groups is 1. The first-order valence-corrected chi connectivity index (χ1v) is 6.95. The largest absolute Gasteiger partial charge is 0.318 e. The van der Waals surface area contributed by atoms with E-state index in [0.29, 0.717) is 5.02 Å². The van der Waals surface area contributed by atoms with Crippen LogP contribution >= 0.6 is 11.6 Å². The van der Waals surface area contributed by atoms with Gasteiger partial charge in [0.1, 0.15) is 0 Å². The van der Waals surface area contributed by atoms with Gasteiger partial charge in [0.15, 0.2) is 5.78 Å². The Bertz CT molecular complexity index is 607. The molecule has 0 aliphatic rings. The number of nitrogens with zero attached hydrogens (tertiary/aromatic N) is 2. The van der Waals surface area contributed by atoms with E-state index in [1.165, 1.54) is 0 Å². The quantitative estimate of drug-likeness (QED) is 0.920. The highest BCUT2D eigenvalue weighted by atomic mass is 35.5. The van der Waals surface area contributed by atoms with E-state index in [0.717, 1.165) is 23.4 Å². The van der Waals surface area contributed by atoms with Crippen molar-refractivity contribution in [3.05, 3.63) is 52.3 Å². The van der Waals surface area contributed by atoms with E-state index >= 15 is 0 Å². The first-order chi connectivity index (χ1) is 9.54. The van der Waals surface area contributed by atoms with Crippen LogP contribution in [0.15, 0.2) is 30.3 Å². The third-order valence-corrected chi connectivity index (χ3v) is 3.79. The van der Waals surface area contributed by atoms with E-state index < -0.39 is 6.04 Å². The van der Waals surface area contributed by atoms with E-state index in [1.54, 1.807) is 11.7 Å². The zero-order valence-electron chi connectivity index (χ0n) is 11.6. The third kappa shape index (κ3) is 2.92. The van der Waals surface area contributed by atoms with Crippen molar-refractivity contribution >= 4 is 17.4 Å². The van der Waals surface area contributed by atoms with Crippen LogP contribution in [0.3, 0.4) is 0 Å². The first-order valence-electron chi connectivity index (χ1n) is 6.58. The summed E-state index contributed by atoms with van der Waals surface area (Å²) in [5.74, 6) is -0.0660. The van der Waals surface area contributed by atoms with Crippen LogP contribution in [0.1, 0.15) is 29.9 Å². The SMILES string of the molecule is CCc1nn(C)c(CC(=O)C(N)c2ccccc2)c1Cl. The maximum atomic E-state index is 12.3. The summed E-state index contributed by atoms with van der Waals surface area (Å²) >= 11 is 6.25. The van der Waals surface area contributed by atoms with Crippen molar-refractivity contribution in [1.29, 1.82) is 0 Å². The highest BCUT2D eigenvalue weighted by Gasteiger charge is 2.21. The van der Waals surface area contributed by atoms with Crippen LogP contribution in [0, 0.1) is 0 Å². The van der Waals surface area contributed by atoms with Gasteiger partial charge in [-0.15, -0.1) is 0 Å². The maximum absolute atomic E-state index is 12.3. The molecular weight excluding hydrogens is 274 g/mol. The predicted molar refractivity (Wildman–Crippen MR) is 79.7 cm³/mol. The van der Waals surface area contributed by atoms with Crippen molar-refractivity contribution in [2.24, 2.45) is 12.8 Å². The number of carbonyl (C=O) groups excluding carboxylic acids is 1. The number of Topliss-reactive ketones (excluding diaryl/α,β-unsaturated/α-hetero) is 1. The molecule has 5 heteroatoms. The van der Waals surface area contributed by atoms with Gasteiger partial charge in [0.2, 0.25) is 0 Å². The molecule has 2 aromatic rings.